The van der Waals surface area contributed by atoms with Gasteiger partial charge in [0.15, 0.2) is 0 Å². The number of benzene rings is 3. The summed E-state index contributed by atoms with van der Waals surface area (Å²) < 4.78 is 2.21. The summed E-state index contributed by atoms with van der Waals surface area (Å²) in [6, 6.07) is 23.0. The first-order chi connectivity index (χ1) is 15.6. The van der Waals surface area contributed by atoms with E-state index in [0.717, 1.165) is 24.1 Å². The van der Waals surface area contributed by atoms with Gasteiger partial charge >= 0.3 is 0 Å². The molecule has 1 unspecified atom stereocenters. The van der Waals surface area contributed by atoms with Gasteiger partial charge in [0.05, 0.1) is 12.6 Å². The van der Waals surface area contributed by atoms with E-state index in [1.54, 1.807) is 12.1 Å². The van der Waals surface area contributed by atoms with Gasteiger partial charge in [-0.2, -0.15) is 0 Å². The number of aromatic nitrogens is 1. The van der Waals surface area contributed by atoms with Gasteiger partial charge in [-0.15, -0.1) is 0 Å². The predicted octanol–water partition coefficient (Wildman–Crippen LogP) is 3.32. The number of hydrogen-bond donors (Lipinski definition) is 2. The van der Waals surface area contributed by atoms with Gasteiger partial charge in [-0.1, -0.05) is 36.4 Å². The predicted molar refractivity (Wildman–Crippen MR) is 126 cm³/mol. The number of hydrogen-bond acceptors (Lipinski definition) is 4. The molecular formula is C26H27N3O3. The fraction of sp³-hybridized carbons (Fsp3) is 0.269. The molecule has 164 valence electrons. The minimum atomic E-state index is -0.506. The molecule has 2 N–H and O–H groups in total. The van der Waals surface area contributed by atoms with E-state index in [-0.39, 0.29) is 11.7 Å². The number of carbonyl (C=O) groups is 1. The topological polar surface area (TPSA) is 68.9 Å². The van der Waals surface area contributed by atoms with Crippen molar-refractivity contribution in [2.45, 2.75) is 12.6 Å². The van der Waals surface area contributed by atoms with E-state index in [1.165, 1.54) is 22.9 Å². The zero-order valence-corrected chi connectivity index (χ0v) is 17.9. The number of fused-ring (bicyclic) bond motifs is 3. The van der Waals surface area contributed by atoms with Gasteiger partial charge in [0.2, 0.25) is 0 Å². The monoisotopic (exact) mass is 429 g/mol. The van der Waals surface area contributed by atoms with Gasteiger partial charge in [0, 0.05) is 60.1 Å². The zero-order valence-electron chi connectivity index (χ0n) is 17.9. The number of nitrogens with zero attached hydrogens (tertiary/aromatic N) is 3. The van der Waals surface area contributed by atoms with Crippen LogP contribution in [0.1, 0.15) is 10.4 Å². The van der Waals surface area contributed by atoms with Crippen molar-refractivity contribution in [3.63, 3.8) is 0 Å². The molecule has 1 aliphatic heterocycles. The highest BCUT2D eigenvalue weighted by Gasteiger charge is 2.24. The van der Waals surface area contributed by atoms with Crippen LogP contribution in [0, 0.1) is 0 Å². The van der Waals surface area contributed by atoms with Crippen LogP contribution in [0.3, 0.4) is 0 Å². The van der Waals surface area contributed by atoms with E-state index in [1.807, 2.05) is 17.0 Å². The Kier molecular flexibility index (Phi) is 5.55. The van der Waals surface area contributed by atoms with Crippen LogP contribution in [-0.4, -0.2) is 69.3 Å². The SMILES string of the molecule is O=C(c1ccc(O)cc1)N1CCN(CC(O)Cn2c3ccccc3c3ccccc32)CC1. The van der Waals surface area contributed by atoms with E-state index >= 15 is 0 Å². The van der Waals surface area contributed by atoms with Gasteiger partial charge < -0.3 is 19.7 Å². The van der Waals surface area contributed by atoms with Gasteiger partial charge in [-0.25, -0.2) is 0 Å². The maximum Gasteiger partial charge on any atom is 0.253 e. The normalized spacial score (nSPS) is 16.0. The van der Waals surface area contributed by atoms with Crippen molar-refractivity contribution >= 4 is 27.7 Å². The molecule has 1 fully saturated rings. The Hall–Kier alpha value is -3.35. The standard InChI is InChI=1S/C26H27N3O3/c30-20-11-9-19(10-12-20)26(32)28-15-13-27(14-16-28)17-21(31)18-29-24-7-3-1-5-22(24)23-6-2-4-8-25(23)29/h1-12,21,30-31H,13-18H2. The number of phenolic OH excluding ortho intramolecular Hbond substituents is 1. The van der Waals surface area contributed by atoms with Crippen molar-refractivity contribution in [3.8, 4) is 5.75 Å². The van der Waals surface area contributed by atoms with Crippen molar-refractivity contribution in [2.24, 2.45) is 0 Å². The summed E-state index contributed by atoms with van der Waals surface area (Å²) >= 11 is 0. The van der Waals surface area contributed by atoms with E-state index < -0.39 is 6.10 Å². The highest BCUT2D eigenvalue weighted by atomic mass is 16.3. The van der Waals surface area contributed by atoms with Crippen LogP contribution in [0.2, 0.25) is 0 Å². The molecule has 1 aliphatic rings. The van der Waals surface area contributed by atoms with E-state index in [0.29, 0.717) is 31.7 Å². The molecular weight excluding hydrogens is 402 g/mol. The summed E-state index contributed by atoms with van der Waals surface area (Å²) in [5, 5.41) is 22.7. The Labute approximate surface area is 186 Å². The van der Waals surface area contributed by atoms with E-state index in [9.17, 15) is 15.0 Å². The van der Waals surface area contributed by atoms with Crippen molar-refractivity contribution < 1.29 is 15.0 Å². The van der Waals surface area contributed by atoms with Crippen LogP contribution in [0.15, 0.2) is 72.8 Å². The largest absolute Gasteiger partial charge is 0.508 e. The lowest BCUT2D eigenvalue weighted by atomic mass is 10.1. The van der Waals surface area contributed by atoms with Gasteiger partial charge in [0.1, 0.15) is 5.75 Å². The lowest BCUT2D eigenvalue weighted by Gasteiger charge is -2.35. The third kappa shape index (κ3) is 3.95. The van der Waals surface area contributed by atoms with Crippen LogP contribution >= 0.6 is 0 Å². The summed E-state index contributed by atoms with van der Waals surface area (Å²) in [4.78, 5) is 16.7. The molecule has 0 aliphatic carbocycles. The number of aromatic hydroxyl groups is 1. The quantitative estimate of drug-likeness (QED) is 0.511. The number of aliphatic hydroxyl groups is 1. The molecule has 0 spiro atoms. The summed E-state index contributed by atoms with van der Waals surface area (Å²) in [6.45, 7) is 3.81. The summed E-state index contributed by atoms with van der Waals surface area (Å²) in [5.41, 5.74) is 2.86. The number of amides is 1. The molecule has 2 heterocycles. The van der Waals surface area contributed by atoms with Crippen LogP contribution in [0.4, 0.5) is 0 Å². The number of phenols is 1. The number of carbonyl (C=O) groups excluding carboxylic acids is 1. The molecule has 6 nitrogen and oxygen atoms in total. The molecule has 5 rings (SSSR count). The number of rotatable bonds is 5. The molecule has 0 radical (unpaired) electrons. The molecule has 1 saturated heterocycles. The van der Waals surface area contributed by atoms with Crippen molar-refractivity contribution in [3.05, 3.63) is 78.4 Å². The lowest BCUT2D eigenvalue weighted by Crippen LogP contribution is -2.50. The number of piperazine rings is 1. The third-order valence-corrected chi connectivity index (χ3v) is 6.32. The summed E-state index contributed by atoms with van der Waals surface area (Å²) in [6.07, 6.45) is -0.506. The molecule has 3 aromatic carbocycles. The highest BCUT2D eigenvalue weighted by molar-refractivity contribution is 6.07. The minimum absolute atomic E-state index is 0.0181. The van der Waals surface area contributed by atoms with E-state index in [4.69, 9.17) is 0 Å². The number of β-amino-alcohol motifs (C(OH)–C–C–N with tert-alkyl or cyclic N) is 1. The highest BCUT2D eigenvalue weighted by Crippen LogP contribution is 2.29. The van der Waals surface area contributed by atoms with Crippen LogP contribution in [0.5, 0.6) is 5.75 Å². The minimum Gasteiger partial charge on any atom is -0.508 e. The second kappa shape index (κ2) is 8.65. The number of aliphatic hydroxyl groups excluding tert-OH is 1. The molecule has 4 aromatic rings. The smallest absolute Gasteiger partial charge is 0.253 e. The molecule has 1 amide bonds. The maximum atomic E-state index is 12.7. The zero-order chi connectivity index (χ0) is 22.1. The first kappa shape index (κ1) is 20.5. The van der Waals surface area contributed by atoms with Crippen LogP contribution in [-0.2, 0) is 6.54 Å². The van der Waals surface area contributed by atoms with Gasteiger partial charge in [0.25, 0.3) is 5.91 Å². The van der Waals surface area contributed by atoms with Crippen molar-refractivity contribution in [1.29, 1.82) is 0 Å². The Morgan fingerprint density at radius 1 is 0.781 bits per heavy atom. The van der Waals surface area contributed by atoms with Gasteiger partial charge in [-0.05, 0) is 36.4 Å². The fourth-order valence-corrected chi connectivity index (χ4v) is 4.69. The molecule has 32 heavy (non-hydrogen) atoms. The first-order valence-corrected chi connectivity index (χ1v) is 11.0. The Morgan fingerprint density at radius 3 is 1.94 bits per heavy atom. The number of para-hydroxylation sites is 2. The van der Waals surface area contributed by atoms with Crippen LogP contribution < -0.4 is 0 Å². The van der Waals surface area contributed by atoms with Gasteiger partial charge in [-0.3, -0.25) is 9.69 Å². The molecule has 1 atom stereocenters. The van der Waals surface area contributed by atoms with Crippen LogP contribution in [0.25, 0.3) is 21.8 Å². The average molecular weight is 430 g/mol. The Bertz CT molecular complexity index is 1190. The summed E-state index contributed by atoms with van der Waals surface area (Å²) in [5.74, 6) is 0.138. The molecule has 0 saturated carbocycles. The molecule has 0 bridgehead atoms. The fourth-order valence-electron chi connectivity index (χ4n) is 4.69. The van der Waals surface area contributed by atoms with Crippen molar-refractivity contribution in [2.75, 3.05) is 32.7 Å². The Balaban J connectivity index is 1.23. The Morgan fingerprint density at radius 2 is 1.34 bits per heavy atom. The lowest BCUT2D eigenvalue weighted by molar-refractivity contribution is 0.0503. The second-order valence-corrected chi connectivity index (χ2v) is 8.44. The second-order valence-electron chi connectivity index (χ2n) is 8.44. The maximum absolute atomic E-state index is 12.7. The molecule has 6 heteroatoms. The molecule has 1 aromatic heterocycles. The average Bonchev–Trinajstić information content (AvgIpc) is 3.13. The third-order valence-electron chi connectivity index (χ3n) is 6.32. The van der Waals surface area contributed by atoms with Crippen molar-refractivity contribution in [1.82, 2.24) is 14.4 Å². The van der Waals surface area contributed by atoms with E-state index in [2.05, 4.69) is 45.9 Å². The first-order valence-electron chi connectivity index (χ1n) is 11.0. The summed E-state index contributed by atoms with van der Waals surface area (Å²) in [7, 11) is 0.